The van der Waals surface area contributed by atoms with E-state index in [1.165, 1.54) is 24.3 Å². The van der Waals surface area contributed by atoms with Crippen molar-refractivity contribution in [3.8, 4) is 5.88 Å². The van der Waals surface area contributed by atoms with Crippen LogP contribution < -0.4 is 10.1 Å². The molecule has 0 aliphatic heterocycles. The van der Waals surface area contributed by atoms with Gasteiger partial charge in [-0.2, -0.15) is 18.2 Å². The van der Waals surface area contributed by atoms with E-state index >= 15 is 0 Å². The Morgan fingerprint density at radius 3 is 2.55 bits per heavy atom. The van der Waals surface area contributed by atoms with Gasteiger partial charge in [0.2, 0.25) is 11.8 Å². The Morgan fingerprint density at radius 1 is 1.23 bits per heavy atom. The van der Waals surface area contributed by atoms with Crippen molar-refractivity contribution < 1.29 is 22.3 Å². The van der Waals surface area contributed by atoms with Crippen LogP contribution in [-0.2, 0) is 6.18 Å². The lowest BCUT2D eigenvalue weighted by Crippen LogP contribution is -2.15. The highest BCUT2D eigenvalue weighted by Crippen LogP contribution is 2.35. The summed E-state index contributed by atoms with van der Waals surface area (Å²) in [5.74, 6) is -1.18. The Kier molecular flexibility index (Phi) is 4.48. The summed E-state index contributed by atoms with van der Waals surface area (Å²) in [5, 5.41) is 2.63. The van der Waals surface area contributed by atoms with Crippen LogP contribution >= 0.6 is 0 Å². The molecule has 0 saturated heterocycles. The predicted molar refractivity (Wildman–Crippen MR) is 72.5 cm³/mol. The molecule has 0 aliphatic carbocycles. The second-order valence-corrected chi connectivity index (χ2v) is 4.71. The lowest BCUT2D eigenvalue weighted by molar-refractivity contribution is -0.139. The summed E-state index contributed by atoms with van der Waals surface area (Å²) < 4.78 is 56.8. The van der Waals surface area contributed by atoms with E-state index < -0.39 is 29.5 Å². The first kappa shape index (κ1) is 16.0. The van der Waals surface area contributed by atoms with E-state index in [9.17, 15) is 17.6 Å². The molecule has 1 aromatic carbocycles. The molecule has 2 rings (SSSR count). The van der Waals surface area contributed by atoms with Crippen molar-refractivity contribution in [1.29, 1.82) is 0 Å². The molecule has 0 aliphatic rings. The van der Waals surface area contributed by atoms with E-state index in [-0.39, 0.29) is 5.95 Å². The maximum Gasteiger partial charge on any atom is 0.423 e. The van der Waals surface area contributed by atoms with Gasteiger partial charge in [0, 0.05) is 11.9 Å². The normalized spacial score (nSPS) is 11.6. The number of nitrogens with one attached hydrogen (secondary N) is 1. The molecule has 1 heterocycles. The minimum Gasteiger partial charge on any atom is -0.474 e. The van der Waals surface area contributed by atoms with Gasteiger partial charge in [0.15, 0.2) is 0 Å². The highest BCUT2D eigenvalue weighted by molar-refractivity contribution is 5.53. The number of anilines is 2. The molecule has 0 spiro atoms. The minimum atomic E-state index is -4.62. The van der Waals surface area contributed by atoms with Crippen molar-refractivity contribution in [2.45, 2.75) is 26.1 Å². The lowest BCUT2D eigenvalue weighted by Gasteiger charge is -2.15. The predicted octanol–water partition coefficient (Wildman–Crippen LogP) is 4.17. The van der Waals surface area contributed by atoms with Crippen LogP contribution in [0.25, 0.3) is 0 Å². The van der Waals surface area contributed by atoms with Gasteiger partial charge >= 0.3 is 6.18 Å². The van der Waals surface area contributed by atoms with Gasteiger partial charge in [0.05, 0.1) is 6.10 Å². The summed E-state index contributed by atoms with van der Waals surface area (Å²) in [6.45, 7) is 3.17. The Morgan fingerprint density at radius 2 is 1.95 bits per heavy atom. The number of hydrogen-bond acceptors (Lipinski definition) is 4. The topological polar surface area (TPSA) is 47.0 Å². The molecule has 2 aromatic rings. The highest BCUT2D eigenvalue weighted by atomic mass is 19.4. The Hall–Kier alpha value is -2.38. The quantitative estimate of drug-likeness (QED) is 0.860. The zero-order valence-corrected chi connectivity index (χ0v) is 11.8. The molecule has 4 nitrogen and oxygen atoms in total. The van der Waals surface area contributed by atoms with Gasteiger partial charge in [-0.05, 0) is 32.0 Å². The molecule has 0 bridgehead atoms. The average molecular weight is 315 g/mol. The Balaban J connectivity index is 2.34. The van der Waals surface area contributed by atoms with Crippen LogP contribution in [0.2, 0.25) is 0 Å². The average Bonchev–Trinajstić information content (AvgIpc) is 2.36. The summed E-state index contributed by atoms with van der Waals surface area (Å²) in [7, 11) is 0. The number of alkyl halides is 3. The Bertz CT molecular complexity index is 659. The highest BCUT2D eigenvalue weighted by Gasteiger charge is 2.36. The standard InChI is InChI=1S/C14H13F4N3O/c1-8(2)22-12-11(14(16,17)18)7-19-13(21-12)20-10-5-3-4-9(15)6-10/h3-8H,1-2H3,(H,19,20,21). The first-order chi connectivity index (χ1) is 10.3. The van der Waals surface area contributed by atoms with E-state index in [0.717, 1.165) is 0 Å². The van der Waals surface area contributed by atoms with Crippen LogP contribution in [0.3, 0.4) is 0 Å². The first-order valence-electron chi connectivity index (χ1n) is 6.39. The van der Waals surface area contributed by atoms with Gasteiger partial charge in [-0.15, -0.1) is 0 Å². The van der Waals surface area contributed by atoms with Crippen molar-refractivity contribution in [2.75, 3.05) is 5.32 Å². The molecule has 0 unspecified atom stereocenters. The van der Waals surface area contributed by atoms with Gasteiger partial charge in [-0.1, -0.05) is 6.07 Å². The van der Waals surface area contributed by atoms with Crippen LogP contribution in [-0.4, -0.2) is 16.1 Å². The Labute approximate surface area is 124 Å². The van der Waals surface area contributed by atoms with Crippen molar-refractivity contribution in [3.05, 3.63) is 41.8 Å². The third kappa shape index (κ3) is 4.06. The van der Waals surface area contributed by atoms with Gasteiger partial charge < -0.3 is 10.1 Å². The van der Waals surface area contributed by atoms with Gasteiger partial charge in [-0.3, -0.25) is 0 Å². The van der Waals surface area contributed by atoms with Crippen LogP contribution in [0.15, 0.2) is 30.5 Å². The summed E-state index contributed by atoms with van der Waals surface area (Å²) in [6, 6.07) is 5.40. The van der Waals surface area contributed by atoms with Crippen molar-refractivity contribution >= 4 is 11.6 Å². The summed E-state index contributed by atoms with van der Waals surface area (Å²) in [6.07, 6.45) is -4.48. The monoisotopic (exact) mass is 315 g/mol. The maximum atomic E-state index is 13.1. The van der Waals surface area contributed by atoms with Crippen molar-refractivity contribution in [2.24, 2.45) is 0 Å². The fourth-order valence-corrected chi connectivity index (χ4v) is 1.63. The molecule has 1 N–H and O–H groups in total. The number of nitrogens with zero attached hydrogens (tertiary/aromatic N) is 2. The number of benzene rings is 1. The van der Waals surface area contributed by atoms with Gasteiger partial charge in [-0.25, -0.2) is 9.37 Å². The van der Waals surface area contributed by atoms with E-state index in [1.807, 2.05) is 0 Å². The minimum absolute atomic E-state index is 0.116. The fourth-order valence-electron chi connectivity index (χ4n) is 1.63. The first-order valence-corrected chi connectivity index (χ1v) is 6.39. The number of ether oxygens (including phenoxy) is 1. The van der Waals surface area contributed by atoms with Gasteiger partial charge in [0.1, 0.15) is 11.4 Å². The molecule has 0 atom stereocenters. The fraction of sp³-hybridized carbons (Fsp3) is 0.286. The number of halogens is 4. The van der Waals surface area contributed by atoms with Crippen molar-refractivity contribution in [3.63, 3.8) is 0 Å². The number of rotatable bonds is 4. The molecule has 1 aromatic heterocycles. The smallest absolute Gasteiger partial charge is 0.423 e. The van der Waals surface area contributed by atoms with Crippen LogP contribution in [0.1, 0.15) is 19.4 Å². The number of hydrogen-bond donors (Lipinski definition) is 1. The lowest BCUT2D eigenvalue weighted by atomic mass is 10.3. The van der Waals surface area contributed by atoms with E-state index in [0.29, 0.717) is 11.9 Å². The third-order valence-corrected chi connectivity index (χ3v) is 2.49. The third-order valence-electron chi connectivity index (χ3n) is 2.49. The molecule has 0 radical (unpaired) electrons. The van der Waals surface area contributed by atoms with Crippen LogP contribution in [0.4, 0.5) is 29.2 Å². The molecule has 0 amide bonds. The molecule has 8 heteroatoms. The summed E-state index contributed by atoms with van der Waals surface area (Å²) >= 11 is 0. The maximum absolute atomic E-state index is 13.1. The SMILES string of the molecule is CC(C)Oc1nc(Nc2cccc(F)c2)ncc1C(F)(F)F. The molecule has 0 fully saturated rings. The molecular weight excluding hydrogens is 302 g/mol. The molecule has 22 heavy (non-hydrogen) atoms. The van der Waals surface area contributed by atoms with Crippen molar-refractivity contribution in [1.82, 2.24) is 9.97 Å². The molecule has 0 saturated carbocycles. The van der Waals surface area contributed by atoms with Gasteiger partial charge in [0.25, 0.3) is 0 Å². The largest absolute Gasteiger partial charge is 0.474 e. The van der Waals surface area contributed by atoms with E-state index in [4.69, 9.17) is 4.74 Å². The number of aromatic nitrogens is 2. The van der Waals surface area contributed by atoms with E-state index in [1.54, 1.807) is 13.8 Å². The zero-order chi connectivity index (χ0) is 16.3. The summed E-state index contributed by atoms with van der Waals surface area (Å²) in [4.78, 5) is 7.31. The molecular formula is C14H13F4N3O. The second kappa shape index (κ2) is 6.17. The zero-order valence-electron chi connectivity index (χ0n) is 11.8. The van der Waals surface area contributed by atoms with Crippen LogP contribution in [0.5, 0.6) is 5.88 Å². The van der Waals surface area contributed by atoms with Crippen LogP contribution in [0, 0.1) is 5.82 Å². The summed E-state index contributed by atoms with van der Waals surface area (Å²) in [5.41, 5.74) is -0.749. The second-order valence-electron chi connectivity index (χ2n) is 4.71. The van der Waals surface area contributed by atoms with E-state index in [2.05, 4.69) is 15.3 Å². The molecule has 118 valence electrons.